The highest BCUT2D eigenvalue weighted by atomic mass is 16.5. The van der Waals surface area contributed by atoms with Gasteiger partial charge in [0.1, 0.15) is 6.54 Å². The predicted octanol–water partition coefficient (Wildman–Crippen LogP) is 0.0207. The summed E-state index contributed by atoms with van der Waals surface area (Å²) < 4.78 is 5.90. The Bertz CT molecular complexity index is 708. The number of carbonyl (C=O) groups is 2. The van der Waals surface area contributed by atoms with Gasteiger partial charge in [0.15, 0.2) is 6.61 Å². The van der Waals surface area contributed by atoms with Crippen molar-refractivity contribution in [2.24, 2.45) is 11.8 Å². The maximum Gasteiger partial charge on any atom is 0.328 e. The van der Waals surface area contributed by atoms with Gasteiger partial charge in [-0.2, -0.15) is 0 Å². The highest BCUT2D eigenvalue weighted by Gasteiger charge is 2.28. The molecule has 24 heavy (non-hydrogen) atoms. The maximum absolute atomic E-state index is 11.9. The van der Waals surface area contributed by atoms with E-state index in [1.165, 1.54) is 6.20 Å². The highest BCUT2D eigenvalue weighted by molar-refractivity contribution is 5.80. The zero-order valence-corrected chi connectivity index (χ0v) is 13.9. The number of nitrogens with one attached hydrogen (secondary N) is 2. The second kappa shape index (κ2) is 7.94. The normalized spacial score (nSPS) is 23.5. The molecule has 0 unspecified atom stereocenters. The van der Waals surface area contributed by atoms with Crippen molar-refractivity contribution in [3.63, 3.8) is 0 Å². The summed E-state index contributed by atoms with van der Waals surface area (Å²) in [7, 11) is 0. The van der Waals surface area contributed by atoms with Crippen LogP contribution in [0, 0.1) is 11.8 Å². The van der Waals surface area contributed by atoms with E-state index in [-0.39, 0.29) is 25.1 Å². The molecule has 1 aromatic heterocycles. The average molecular weight is 337 g/mol. The molecule has 1 aliphatic rings. The maximum atomic E-state index is 11.9. The number of aromatic nitrogens is 2. The van der Waals surface area contributed by atoms with Crippen LogP contribution in [0.5, 0.6) is 0 Å². The quantitative estimate of drug-likeness (QED) is 0.736. The van der Waals surface area contributed by atoms with Crippen molar-refractivity contribution in [2.45, 2.75) is 45.7 Å². The lowest BCUT2D eigenvalue weighted by Gasteiger charge is -2.34. The van der Waals surface area contributed by atoms with Gasteiger partial charge >= 0.3 is 11.7 Å². The summed E-state index contributed by atoms with van der Waals surface area (Å²) in [6, 6.07) is 1.23. The molecule has 2 N–H and O–H groups in total. The van der Waals surface area contributed by atoms with E-state index in [0.29, 0.717) is 11.8 Å². The van der Waals surface area contributed by atoms with Crippen LogP contribution < -0.4 is 16.6 Å². The fraction of sp³-hybridized carbons (Fsp3) is 0.625. The fourth-order valence-corrected chi connectivity index (χ4v) is 2.93. The monoisotopic (exact) mass is 337 g/mol. The molecule has 132 valence electrons. The van der Waals surface area contributed by atoms with Gasteiger partial charge in [0.25, 0.3) is 11.5 Å². The van der Waals surface area contributed by atoms with Gasteiger partial charge in [-0.15, -0.1) is 0 Å². The number of H-pyrrole nitrogens is 1. The average Bonchev–Trinajstić information content (AvgIpc) is 2.53. The molecule has 8 nitrogen and oxygen atoms in total. The van der Waals surface area contributed by atoms with Gasteiger partial charge in [0.05, 0.1) is 0 Å². The zero-order chi connectivity index (χ0) is 17.7. The van der Waals surface area contributed by atoms with Crippen LogP contribution in [0.15, 0.2) is 21.9 Å². The first-order valence-electron chi connectivity index (χ1n) is 8.11. The van der Waals surface area contributed by atoms with Crippen molar-refractivity contribution in [3.8, 4) is 0 Å². The van der Waals surface area contributed by atoms with Gasteiger partial charge in [0, 0.05) is 18.3 Å². The number of amides is 1. The molecule has 3 atom stereocenters. The number of hydrogen-bond donors (Lipinski definition) is 2. The molecule has 0 radical (unpaired) electrons. The summed E-state index contributed by atoms with van der Waals surface area (Å²) in [5.74, 6) is -0.121. The molecule has 0 aliphatic heterocycles. The summed E-state index contributed by atoms with van der Waals surface area (Å²) in [5.41, 5.74) is -1.24. The molecule has 1 aliphatic carbocycles. The van der Waals surface area contributed by atoms with E-state index in [0.717, 1.165) is 29.9 Å². The van der Waals surface area contributed by atoms with E-state index in [1.807, 2.05) is 4.98 Å². The van der Waals surface area contributed by atoms with Crippen molar-refractivity contribution < 1.29 is 14.3 Å². The number of aromatic amines is 1. The van der Waals surface area contributed by atoms with Crippen molar-refractivity contribution in [2.75, 3.05) is 6.61 Å². The Kier molecular flexibility index (Phi) is 5.94. The molecule has 1 amide bonds. The lowest BCUT2D eigenvalue weighted by atomic mass is 9.78. The van der Waals surface area contributed by atoms with Crippen molar-refractivity contribution in [3.05, 3.63) is 33.1 Å². The summed E-state index contributed by atoms with van der Waals surface area (Å²) in [4.78, 5) is 48.1. The summed E-state index contributed by atoms with van der Waals surface area (Å²) in [5, 5.41) is 2.90. The third-order valence-electron chi connectivity index (χ3n) is 4.61. The zero-order valence-electron chi connectivity index (χ0n) is 13.9. The van der Waals surface area contributed by atoms with E-state index >= 15 is 0 Å². The first-order valence-corrected chi connectivity index (χ1v) is 8.11. The Hall–Kier alpha value is -2.38. The molecule has 0 bridgehead atoms. The van der Waals surface area contributed by atoms with E-state index in [9.17, 15) is 19.2 Å². The number of ether oxygens (including phenoxy) is 1. The third kappa shape index (κ3) is 4.81. The van der Waals surface area contributed by atoms with Gasteiger partial charge < -0.3 is 10.1 Å². The van der Waals surface area contributed by atoms with Crippen molar-refractivity contribution in [1.82, 2.24) is 14.9 Å². The minimum absolute atomic E-state index is 0.0989. The topological polar surface area (TPSA) is 110 Å². The van der Waals surface area contributed by atoms with Crippen molar-refractivity contribution >= 4 is 11.9 Å². The summed E-state index contributed by atoms with van der Waals surface area (Å²) >= 11 is 0. The fourth-order valence-electron chi connectivity index (χ4n) is 2.93. The second-order valence-electron chi connectivity index (χ2n) is 6.34. The van der Waals surface area contributed by atoms with Crippen LogP contribution in [0.3, 0.4) is 0 Å². The van der Waals surface area contributed by atoms with Crippen LogP contribution in [0.25, 0.3) is 0 Å². The van der Waals surface area contributed by atoms with Crippen LogP contribution in [0.2, 0.25) is 0 Å². The SMILES string of the molecule is C[C@@H]1[C@@H](C)CCC[C@H]1NC(=O)COC(=O)Cn1ccc(=O)[nH]c1=O. The van der Waals surface area contributed by atoms with Crippen LogP contribution in [-0.2, 0) is 20.9 Å². The van der Waals surface area contributed by atoms with E-state index in [1.54, 1.807) is 0 Å². The van der Waals surface area contributed by atoms with E-state index in [4.69, 9.17) is 4.74 Å². The molecule has 2 rings (SSSR count). The minimum Gasteiger partial charge on any atom is -0.454 e. The van der Waals surface area contributed by atoms with Gasteiger partial charge in [-0.05, 0) is 18.3 Å². The lowest BCUT2D eigenvalue weighted by molar-refractivity contribution is -0.149. The van der Waals surface area contributed by atoms with Crippen LogP contribution in [0.1, 0.15) is 33.1 Å². The first kappa shape index (κ1) is 18.0. The smallest absolute Gasteiger partial charge is 0.328 e. The minimum atomic E-state index is -0.718. The Morgan fingerprint density at radius 1 is 1.33 bits per heavy atom. The van der Waals surface area contributed by atoms with Crippen LogP contribution >= 0.6 is 0 Å². The number of hydrogen-bond acceptors (Lipinski definition) is 5. The molecule has 8 heteroatoms. The standard InChI is InChI=1S/C16H23N3O5/c1-10-4-3-5-12(11(10)2)17-14(21)9-24-15(22)8-19-7-6-13(20)18-16(19)23/h6-7,10-12H,3-5,8-9H2,1-2H3,(H,17,21)(H,18,20,23)/t10-,11+,12+/m0/s1. The van der Waals surface area contributed by atoms with Gasteiger partial charge in [0.2, 0.25) is 0 Å². The Labute approximate surface area is 139 Å². The van der Waals surface area contributed by atoms with Gasteiger partial charge in [-0.3, -0.25) is 23.9 Å². The molecule has 0 saturated heterocycles. The molecule has 1 fully saturated rings. The van der Waals surface area contributed by atoms with Crippen LogP contribution in [-0.4, -0.2) is 34.1 Å². The summed E-state index contributed by atoms with van der Waals surface area (Å²) in [6.07, 6.45) is 4.37. The van der Waals surface area contributed by atoms with Gasteiger partial charge in [-0.25, -0.2) is 4.79 Å². The lowest BCUT2D eigenvalue weighted by Crippen LogP contribution is -2.45. The second-order valence-corrected chi connectivity index (χ2v) is 6.34. The van der Waals surface area contributed by atoms with Crippen LogP contribution in [0.4, 0.5) is 0 Å². The van der Waals surface area contributed by atoms with Gasteiger partial charge in [-0.1, -0.05) is 26.7 Å². The Balaban J connectivity index is 1.79. The Morgan fingerprint density at radius 3 is 2.79 bits per heavy atom. The molecule has 1 heterocycles. The largest absolute Gasteiger partial charge is 0.454 e. The molecular formula is C16H23N3O5. The predicted molar refractivity (Wildman–Crippen MR) is 86.4 cm³/mol. The Morgan fingerprint density at radius 2 is 2.08 bits per heavy atom. The molecule has 0 aromatic carbocycles. The number of rotatable bonds is 5. The third-order valence-corrected chi connectivity index (χ3v) is 4.61. The van der Waals surface area contributed by atoms with E-state index in [2.05, 4.69) is 19.2 Å². The van der Waals surface area contributed by atoms with Crippen molar-refractivity contribution in [1.29, 1.82) is 0 Å². The molecule has 0 spiro atoms. The summed E-state index contributed by atoms with van der Waals surface area (Å²) in [6.45, 7) is 3.54. The number of nitrogens with zero attached hydrogens (tertiary/aromatic N) is 1. The molecule has 1 saturated carbocycles. The highest BCUT2D eigenvalue weighted by Crippen LogP contribution is 2.29. The molecule has 1 aromatic rings. The first-order chi connectivity index (χ1) is 11.4. The van der Waals surface area contributed by atoms with E-state index < -0.39 is 17.2 Å². The number of carbonyl (C=O) groups excluding carboxylic acids is 2. The molecular weight excluding hydrogens is 314 g/mol. The number of esters is 1.